The zero-order valence-electron chi connectivity index (χ0n) is 18.9. The number of aromatic nitrogens is 2. The van der Waals surface area contributed by atoms with E-state index in [1.54, 1.807) is 0 Å². The average Bonchev–Trinajstić information content (AvgIpc) is 3.55. The lowest BCUT2D eigenvalue weighted by Crippen LogP contribution is -2.36. The van der Waals surface area contributed by atoms with Gasteiger partial charge >= 0.3 is 0 Å². The van der Waals surface area contributed by atoms with Gasteiger partial charge in [-0.1, -0.05) is 31.4 Å². The maximum absolute atomic E-state index is 6.37. The van der Waals surface area contributed by atoms with E-state index in [9.17, 15) is 0 Å². The van der Waals surface area contributed by atoms with E-state index in [0.29, 0.717) is 6.61 Å². The SMILES string of the molecule is C=C1NCCCCC1N1/C=C\C(C2(c3c[nH]c4ncccc34)CC2)=c2\cccc(c2=C)CO1. The summed E-state index contributed by atoms with van der Waals surface area (Å²) in [5.74, 6) is 0. The summed E-state index contributed by atoms with van der Waals surface area (Å²) >= 11 is 0. The monoisotopic (exact) mass is 438 g/mol. The Morgan fingerprint density at radius 2 is 2.03 bits per heavy atom. The minimum Gasteiger partial charge on any atom is -0.387 e. The number of aromatic amines is 1. The molecule has 1 atom stereocenters. The first-order valence-corrected chi connectivity index (χ1v) is 11.9. The van der Waals surface area contributed by atoms with Crippen molar-refractivity contribution in [2.75, 3.05) is 6.54 Å². The fraction of sp³-hybridized carbons (Fsp3) is 0.321. The third kappa shape index (κ3) is 3.39. The van der Waals surface area contributed by atoms with Crippen LogP contribution in [0.3, 0.4) is 0 Å². The van der Waals surface area contributed by atoms with Crippen LogP contribution in [0.1, 0.15) is 43.2 Å². The molecule has 168 valence electrons. The summed E-state index contributed by atoms with van der Waals surface area (Å²) in [6, 6.07) is 10.8. The van der Waals surface area contributed by atoms with Gasteiger partial charge < -0.3 is 10.3 Å². The van der Waals surface area contributed by atoms with E-state index in [0.717, 1.165) is 60.8 Å². The van der Waals surface area contributed by atoms with Gasteiger partial charge in [-0.15, -0.1) is 0 Å². The molecule has 0 spiro atoms. The average molecular weight is 439 g/mol. The molecule has 1 unspecified atom stereocenters. The Balaban J connectivity index is 1.51. The summed E-state index contributed by atoms with van der Waals surface area (Å²) < 4.78 is 0. The maximum Gasteiger partial charge on any atom is 0.137 e. The first kappa shape index (κ1) is 20.3. The minimum atomic E-state index is -0.0441. The molecule has 3 aliphatic rings. The number of hydrogen-bond donors (Lipinski definition) is 2. The number of hydroxylamine groups is 2. The van der Waals surface area contributed by atoms with Crippen molar-refractivity contribution in [1.82, 2.24) is 20.3 Å². The smallest absolute Gasteiger partial charge is 0.137 e. The van der Waals surface area contributed by atoms with Gasteiger partial charge in [-0.2, -0.15) is 0 Å². The lowest BCUT2D eigenvalue weighted by Gasteiger charge is -2.30. The molecule has 1 saturated heterocycles. The van der Waals surface area contributed by atoms with Crippen molar-refractivity contribution in [3.05, 3.63) is 88.8 Å². The quantitative estimate of drug-likeness (QED) is 0.654. The van der Waals surface area contributed by atoms with Gasteiger partial charge in [0.25, 0.3) is 0 Å². The van der Waals surface area contributed by atoms with Crippen molar-refractivity contribution < 1.29 is 4.84 Å². The number of benzene rings is 1. The molecule has 2 aliphatic heterocycles. The second-order valence-electron chi connectivity index (χ2n) is 9.45. The van der Waals surface area contributed by atoms with E-state index in [-0.39, 0.29) is 11.5 Å². The van der Waals surface area contributed by atoms with E-state index >= 15 is 0 Å². The van der Waals surface area contributed by atoms with Gasteiger partial charge in [-0.25, -0.2) is 4.98 Å². The molecular weight excluding hydrogens is 408 g/mol. The number of pyridine rings is 1. The molecule has 2 fully saturated rings. The Kier molecular flexibility index (Phi) is 4.88. The van der Waals surface area contributed by atoms with Crippen LogP contribution in [0.15, 0.2) is 67.3 Å². The molecule has 6 rings (SSSR count). The zero-order chi connectivity index (χ0) is 22.4. The molecule has 2 bridgehead atoms. The highest BCUT2D eigenvalue weighted by Crippen LogP contribution is 2.56. The predicted octanol–water partition coefficient (Wildman–Crippen LogP) is 3.77. The molecule has 0 radical (unpaired) electrons. The number of nitrogens with zero attached hydrogens (tertiary/aromatic N) is 2. The summed E-state index contributed by atoms with van der Waals surface area (Å²) in [5, 5.41) is 8.96. The van der Waals surface area contributed by atoms with Crippen molar-refractivity contribution in [3.63, 3.8) is 0 Å². The first-order chi connectivity index (χ1) is 16.2. The molecule has 5 nitrogen and oxygen atoms in total. The normalized spacial score (nSPS) is 24.9. The Bertz CT molecular complexity index is 1360. The Labute approximate surface area is 194 Å². The van der Waals surface area contributed by atoms with Crippen LogP contribution in [0.5, 0.6) is 0 Å². The van der Waals surface area contributed by atoms with Crippen LogP contribution in [0.4, 0.5) is 0 Å². The van der Waals surface area contributed by atoms with Crippen molar-refractivity contribution in [3.8, 4) is 0 Å². The fourth-order valence-electron chi connectivity index (χ4n) is 5.50. The molecule has 33 heavy (non-hydrogen) atoms. The second kappa shape index (κ2) is 7.92. The van der Waals surface area contributed by atoms with E-state index in [1.165, 1.54) is 21.7 Å². The van der Waals surface area contributed by atoms with Crippen molar-refractivity contribution in [2.24, 2.45) is 0 Å². The summed E-state index contributed by atoms with van der Waals surface area (Å²) in [6.45, 7) is 10.3. The summed E-state index contributed by atoms with van der Waals surface area (Å²) in [5.41, 5.74) is 5.69. The van der Waals surface area contributed by atoms with Crippen molar-refractivity contribution in [2.45, 2.75) is 50.2 Å². The molecule has 2 aromatic heterocycles. The summed E-state index contributed by atoms with van der Waals surface area (Å²) in [4.78, 5) is 14.3. The van der Waals surface area contributed by atoms with E-state index in [1.807, 2.05) is 17.3 Å². The van der Waals surface area contributed by atoms with Gasteiger partial charge in [0.1, 0.15) is 12.3 Å². The molecule has 1 saturated carbocycles. The number of hydrogen-bond acceptors (Lipinski definition) is 4. The van der Waals surface area contributed by atoms with Crippen LogP contribution in [0, 0.1) is 0 Å². The number of nitrogens with one attached hydrogen (secondary N) is 2. The zero-order valence-corrected chi connectivity index (χ0v) is 18.9. The Morgan fingerprint density at radius 1 is 1.12 bits per heavy atom. The lowest BCUT2D eigenvalue weighted by molar-refractivity contribution is -0.153. The molecule has 0 amide bonds. The van der Waals surface area contributed by atoms with Crippen LogP contribution in [0.2, 0.25) is 0 Å². The second-order valence-corrected chi connectivity index (χ2v) is 9.45. The summed E-state index contributed by atoms with van der Waals surface area (Å²) in [7, 11) is 0. The number of H-pyrrole nitrogens is 1. The highest BCUT2D eigenvalue weighted by Gasteiger charge is 2.48. The van der Waals surface area contributed by atoms with Gasteiger partial charge in [-0.05, 0) is 77.5 Å². The minimum absolute atomic E-state index is 0.0441. The van der Waals surface area contributed by atoms with Crippen LogP contribution in [0.25, 0.3) is 23.2 Å². The third-order valence-corrected chi connectivity index (χ3v) is 7.52. The molecule has 5 heteroatoms. The van der Waals surface area contributed by atoms with Crippen molar-refractivity contribution in [1.29, 1.82) is 0 Å². The number of fused-ring (bicyclic) bond motifs is 3. The van der Waals surface area contributed by atoms with Crippen LogP contribution in [-0.2, 0) is 16.9 Å². The van der Waals surface area contributed by atoms with E-state index in [4.69, 9.17) is 4.84 Å². The topological polar surface area (TPSA) is 53.2 Å². The lowest BCUT2D eigenvalue weighted by atomic mass is 9.85. The van der Waals surface area contributed by atoms with Crippen LogP contribution < -0.4 is 15.8 Å². The number of allylic oxidation sites excluding steroid dienone is 1. The predicted molar refractivity (Wildman–Crippen MR) is 132 cm³/mol. The molecule has 1 aromatic carbocycles. The first-order valence-electron chi connectivity index (χ1n) is 11.9. The molecule has 2 N–H and O–H groups in total. The van der Waals surface area contributed by atoms with Gasteiger partial charge in [0, 0.05) is 41.6 Å². The number of rotatable bonds is 3. The van der Waals surface area contributed by atoms with Crippen LogP contribution in [-0.4, -0.2) is 27.6 Å². The van der Waals surface area contributed by atoms with Crippen LogP contribution >= 0.6 is 0 Å². The van der Waals surface area contributed by atoms with E-state index < -0.39 is 0 Å². The molecule has 1 aliphatic carbocycles. The van der Waals surface area contributed by atoms with Gasteiger partial charge in [0.05, 0.1) is 6.04 Å². The van der Waals surface area contributed by atoms with E-state index in [2.05, 4.69) is 71.2 Å². The Morgan fingerprint density at radius 3 is 2.91 bits per heavy atom. The van der Waals surface area contributed by atoms with Gasteiger partial charge in [0.2, 0.25) is 0 Å². The molecule has 3 aromatic rings. The maximum atomic E-state index is 6.37. The molecule has 4 heterocycles. The third-order valence-electron chi connectivity index (χ3n) is 7.52. The highest BCUT2D eigenvalue weighted by molar-refractivity contribution is 5.87. The van der Waals surface area contributed by atoms with Crippen molar-refractivity contribution >= 4 is 23.2 Å². The molecular formula is C28H30N4O. The summed E-state index contributed by atoms with van der Waals surface area (Å²) in [6.07, 6.45) is 13.9. The van der Waals surface area contributed by atoms with Gasteiger partial charge in [0.15, 0.2) is 0 Å². The largest absolute Gasteiger partial charge is 0.387 e. The van der Waals surface area contributed by atoms with Gasteiger partial charge in [-0.3, -0.25) is 9.90 Å². The highest BCUT2D eigenvalue weighted by atomic mass is 16.7. The Hall–Kier alpha value is -3.31. The standard InChI is InChI=1S/C28H30N4O/c1-19-21-7-5-8-22(19)24(11-16-32(33-18-21)26-10-3-4-14-29-20(26)2)28(12-13-28)25-17-31-27-23(25)9-6-15-30-27/h5-9,11,15-17,26,29H,1-4,10,12-14,18H2,(H,30,31)/b16-11-,24-22+. The fourth-order valence-corrected chi connectivity index (χ4v) is 5.50.